The molecule has 0 radical (unpaired) electrons. The quantitative estimate of drug-likeness (QED) is 0.769. The molecule has 0 aliphatic carbocycles. The average molecular weight is 408 g/mol. The molecule has 3 heterocycles. The van der Waals surface area contributed by atoms with Crippen LogP contribution in [-0.2, 0) is 14.8 Å². The summed E-state index contributed by atoms with van der Waals surface area (Å²) in [6, 6.07) is 4.05. The summed E-state index contributed by atoms with van der Waals surface area (Å²) < 4.78 is 27.9. The number of hydrogen-bond donors (Lipinski definition) is 0. The Morgan fingerprint density at radius 1 is 1.04 bits per heavy atom. The van der Waals surface area contributed by atoms with Crippen molar-refractivity contribution in [2.75, 3.05) is 26.2 Å². The van der Waals surface area contributed by atoms with E-state index in [2.05, 4.69) is 25.8 Å². The van der Waals surface area contributed by atoms with Crippen LogP contribution in [0.4, 0.5) is 0 Å². The van der Waals surface area contributed by atoms with Crippen LogP contribution in [0.5, 0.6) is 0 Å². The first kappa shape index (κ1) is 21.2. The molecule has 6 nitrogen and oxygen atoms in total. The first-order valence-electron chi connectivity index (χ1n) is 10.3. The molecule has 28 heavy (non-hydrogen) atoms. The van der Waals surface area contributed by atoms with E-state index in [1.807, 2.05) is 17.0 Å². The minimum atomic E-state index is -3.29. The van der Waals surface area contributed by atoms with E-state index >= 15 is 0 Å². The maximum absolute atomic E-state index is 13.1. The van der Waals surface area contributed by atoms with Crippen molar-refractivity contribution in [2.24, 2.45) is 5.41 Å². The highest BCUT2D eigenvalue weighted by molar-refractivity contribution is 7.89. The number of carbonyl (C=O) groups excluding carboxylic acids is 1. The highest BCUT2D eigenvalue weighted by Crippen LogP contribution is 2.31. The van der Waals surface area contributed by atoms with Gasteiger partial charge in [0.2, 0.25) is 15.9 Å². The predicted molar refractivity (Wildman–Crippen MR) is 110 cm³/mol. The average Bonchev–Trinajstić information content (AvgIpc) is 2.67. The fourth-order valence-corrected chi connectivity index (χ4v) is 6.21. The van der Waals surface area contributed by atoms with Crippen molar-refractivity contribution in [1.29, 1.82) is 0 Å². The molecule has 0 aromatic carbocycles. The number of nitrogens with zero attached hydrogens (tertiary/aromatic N) is 3. The molecule has 0 unspecified atom stereocenters. The van der Waals surface area contributed by atoms with Crippen molar-refractivity contribution in [3.8, 4) is 0 Å². The molecule has 2 saturated heterocycles. The van der Waals surface area contributed by atoms with E-state index in [4.69, 9.17) is 0 Å². The van der Waals surface area contributed by atoms with Crippen LogP contribution in [0, 0.1) is 5.41 Å². The van der Waals surface area contributed by atoms with Crippen molar-refractivity contribution >= 4 is 15.9 Å². The van der Waals surface area contributed by atoms with Gasteiger partial charge < -0.3 is 4.90 Å². The van der Waals surface area contributed by atoms with Gasteiger partial charge in [0.15, 0.2) is 0 Å². The number of hydrogen-bond acceptors (Lipinski definition) is 4. The van der Waals surface area contributed by atoms with Crippen molar-refractivity contribution in [3.63, 3.8) is 0 Å². The summed E-state index contributed by atoms with van der Waals surface area (Å²) in [6.45, 7) is 8.42. The van der Waals surface area contributed by atoms with Crippen LogP contribution >= 0.6 is 0 Å². The molecular formula is C21H33N3O3S. The molecule has 2 aliphatic rings. The van der Waals surface area contributed by atoms with Crippen LogP contribution in [0.1, 0.15) is 64.4 Å². The predicted octanol–water partition coefficient (Wildman–Crippen LogP) is 3.02. The van der Waals surface area contributed by atoms with E-state index in [1.54, 1.807) is 16.7 Å². The summed E-state index contributed by atoms with van der Waals surface area (Å²) in [4.78, 5) is 18.3. The largest absolute Gasteiger partial charge is 0.343 e. The first-order valence-corrected chi connectivity index (χ1v) is 11.8. The Morgan fingerprint density at radius 3 is 2.14 bits per heavy atom. The third kappa shape index (κ3) is 5.11. The Labute approximate surface area is 169 Å². The van der Waals surface area contributed by atoms with Gasteiger partial charge in [0, 0.05) is 45.0 Å². The second-order valence-electron chi connectivity index (χ2n) is 9.32. The normalized spacial score (nSPS) is 21.0. The zero-order valence-electron chi connectivity index (χ0n) is 17.3. The molecule has 7 heteroatoms. The molecule has 0 atom stereocenters. The number of piperidine rings is 2. The lowest BCUT2D eigenvalue weighted by atomic mass is 9.91. The van der Waals surface area contributed by atoms with Gasteiger partial charge in [-0.15, -0.1) is 0 Å². The second kappa shape index (κ2) is 8.49. The van der Waals surface area contributed by atoms with Crippen LogP contribution in [0.15, 0.2) is 24.5 Å². The monoisotopic (exact) mass is 407 g/mol. The molecule has 1 amide bonds. The highest BCUT2D eigenvalue weighted by atomic mass is 32.2. The summed E-state index contributed by atoms with van der Waals surface area (Å²) >= 11 is 0. The zero-order valence-corrected chi connectivity index (χ0v) is 18.1. The van der Waals surface area contributed by atoms with Gasteiger partial charge in [0.05, 0.1) is 5.25 Å². The maximum Gasteiger partial charge on any atom is 0.223 e. The Balaban J connectivity index is 1.53. The van der Waals surface area contributed by atoms with Crippen LogP contribution in [0.25, 0.3) is 0 Å². The molecule has 2 fully saturated rings. The number of aromatic nitrogens is 1. The number of amides is 1. The molecule has 0 N–H and O–H groups in total. The van der Waals surface area contributed by atoms with Gasteiger partial charge in [-0.3, -0.25) is 9.78 Å². The highest BCUT2D eigenvalue weighted by Gasteiger charge is 2.37. The maximum atomic E-state index is 13.1. The molecule has 3 rings (SSSR count). The fraction of sp³-hybridized carbons (Fsp3) is 0.714. The van der Waals surface area contributed by atoms with Crippen LogP contribution in [0.3, 0.4) is 0 Å². The van der Waals surface area contributed by atoms with Gasteiger partial charge in [-0.1, -0.05) is 20.8 Å². The number of pyridine rings is 1. The minimum absolute atomic E-state index is 0.0425. The molecule has 0 saturated carbocycles. The molecule has 2 aliphatic heterocycles. The van der Waals surface area contributed by atoms with Gasteiger partial charge >= 0.3 is 0 Å². The SMILES string of the molecule is CC(C)(C)CC(=O)N1CCC(S(=O)(=O)N2CCC(c3ccncc3)CC2)CC1. The van der Waals surface area contributed by atoms with E-state index in [0.29, 0.717) is 51.4 Å². The summed E-state index contributed by atoms with van der Waals surface area (Å²) in [7, 11) is -3.29. The van der Waals surface area contributed by atoms with E-state index in [-0.39, 0.29) is 16.6 Å². The van der Waals surface area contributed by atoms with E-state index in [1.165, 1.54) is 5.56 Å². The van der Waals surface area contributed by atoms with Crippen molar-refractivity contribution < 1.29 is 13.2 Å². The number of likely N-dealkylation sites (tertiary alicyclic amines) is 1. The molecule has 1 aromatic rings. The van der Waals surface area contributed by atoms with E-state index in [9.17, 15) is 13.2 Å². The van der Waals surface area contributed by atoms with Crippen molar-refractivity contribution in [1.82, 2.24) is 14.2 Å². The molecule has 1 aromatic heterocycles. The Kier molecular flexibility index (Phi) is 6.44. The van der Waals surface area contributed by atoms with Crippen LogP contribution in [0.2, 0.25) is 0 Å². The fourth-order valence-electron chi connectivity index (χ4n) is 4.26. The standard InChI is InChI=1S/C21H33N3O3S/c1-21(2,3)16-20(25)23-12-8-19(9-13-23)28(26,27)24-14-6-18(7-15-24)17-4-10-22-11-5-17/h4-5,10-11,18-19H,6-9,12-16H2,1-3H3. The molecule has 156 valence electrons. The van der Waals surface area contributed by atoms with E-state index in [0.717, 1.165) is 12.8 Å². The number of rotatable bonds is 4. The van der Waals surface area contributed by atoms with Gasteiger partial charge in [-0.05, 0) is 54.7 Å². The second-order valence-corrected chi connectivity index (χ2v) is 11.5. The third-order valence-electron chi connectivity index (χ3n) is 5.89. The van der Waals surface area contributed by atoms with Gasteiger partial charge in [0.1, 0.15) is 0 Å². The van der Waals surface area contributed by atoms with Gasteiger partial charge in [-0.2, -0.15) is 0 Å². The molecule has 0 spiro atoms. The lowest BCUT2D eigenvalue weighted by Gasteiger charge is -2.37. The summed E-state index contributed by atoms with van der Waals surface area (Å²) in [5.41, 5.74) is 1.21. The lowest BCUT2D eigenvalue weighted by Crippen LogP contribution is -2.48. The van der Waals surface area contributed by atoms with Gasteiger partial charge in [0.25, 0.3) is 0 Å². The van der Waals surface area contributed by atoms with Crippen LogP contribution < -0.4 is 0 Å². The molecule has 0 bridgehead atoms. The van der Waals surface area contributed by atoms with E-state index < -0.39 is 10.0 Å². The first-order chi connectivity index (χ1) is 13.2. The van der Waals surface area contributed by atoms with Crippen molar-refractivity contribution in [3.05, 3.63) is 30.1 Å². The van der Waals surface area contributed by atoms with Crippen molar-refractivity contribution in [2.45, 2.75) is 64.0 Å². The summed E-state index contributed by atoms with van der Waals surface area (Å²) in [5, 5.41) is -0.358. The summed E-state index contributed by atoms with van der Waals surface area (Å²) in [5.74, 6) is 0.549. The number of carbonyl (C=O) groups is 1. The van der Waals surface area contributed by atoms with Crippen LogP contribution in [-0.4, -0.2) is 59.9 Å². The smallest absolute Gasteiger partial charge is 0.223 e. The third-order valence-corrected chi connectivity index (χ3v) is 8.29. The Morgan fingerprint density at radius 2 is 1.61 bits per heavy atom. The lowest BCUT2D eigenvalue weighted by molar-refractivity contribution is -0.133. The topological polar surface area (TPSA) is 70.6 Å². The Bertz CT molecular complexity index is 758. The zero-order chi connectivity index (χ0) is 20.4. The Hall–Kier alpha value is -1.47. The van der Waals surface area contributed by atoms with Gasteiger partial charge in [-0.25, -0.2) is 12.7 Å². The molecular weight excluding hydrogens is 374 g/mol. The summed E-state index contributed by atoms with van der Waals surface area (Å²) in [6.07, 6.45) is 6.90. The minimum Gasteiger partial charge on any atom is -0.343 e. The number of sulfonamides is 1.